The zero-order valence-electron chi connectivity index (χ0n) is 10.0. The van der Waals surface area contributed by atoms with Gasteiger partial charge in [0, 0.05) is 12.8 Å². The van der Waals surface area contributed by atoms with Crippen LogP contribution in [0.25, 0.3) is 0 Å². The number of hydrogen-bond donors (Lipinski definition) is 1. The van der Waals surface area contributed by atoms with E-state index < -0.39 is 0 Å². The average Bonchev–Trinajstić information content (AvgIpc) is 2.68. The van der Waals surface area contributed by atoms with Gasteiger partial charge in [-0.15, -0.1) is 0 Å². The topological polar surface area (TPSA) is 33.7 Å². The van der Waals surface area contributed by atoms with Crippen LogP contribution in [-0.2, 0) is 9.47 Å². The molecule has 0 aromatic carbocycles. The van der Waals surface area contributed by atoms with Crippen molar-refractivity contribution >= 4 is 0 Å². The minimum absolute atomic E-state index is 0.126. The first kappa shape index (κ1) is 11.3. The monoisotopic (exact) mass is 214 g/mol. The second-order valence-corrected chi connectivity index (χ2v) is 4.78. The Kier molecular flexibility index (Phi) is 3.03. The van der Waals surface area contributed by atoms with E-state index >= 15 is 0 Å². The normalized spacial score (nSPS) is 28.8. The van der Waals surface area contributed by atoms with E-state index in [-0.39, 0.29) is 11.4 Å². The number of ether oxygens (including phenoxy) is 2. The smallest absolute Gasteiger partial charge is 0.168 e. The molecule has 0 bridgehead atoms. The van der Waals surface area contributed by atoms with Crippen LogP contribution in [0.3, 0.4) is 0 Å². The van der Waals surface area contributed by atoms with Crippen molar-refractivity contribution in [3.05, 3.63) is 0 Å². The number of rotatable bonds is 2. The second-order valence-electron chi connectivity index (χ2n) is 4.78. The van der Waals surface area contributed by atoms with Crippen LogP contribution in [0, 0.1) is 0 Å². The Labute approximate surface area is 91.9 Å². The minimum Gasteiger partial charge on any atom is -0.348 e. The van der Waals surface area contributed by atoms with Gasteiger partial charge in [0.25, 0.3) is 0 Å². The van der Waals surface area contributed by atoms with E-state index in [9.17, 15) is 0 Å². The van der Waals surface area contributed by atoms with Gasteiger partial charge in [0.1, 0.15) is 0 Å². The molecule has 1 heterocycles. The Balaban J connectivity index is 2.01. The molecule has 0 radical (unpaired) electrons. The summed E-state index contributed by atoms with van der Waals surface area (Å²) in [5.74, 6) is -0.254. The van der Waals surface area contributed by atoms with E-state index in [4.69, 9.17) is 9.47 Å². The van der Waals surface area contributed by atoms with Gasteiger partial charge >= 0.3 is 0 Å². The van der Waals surface area contributed by atoms with Crippen LogP contribution in [0.2, 0.25) is 0 Å². The van der Waals surface area contributed by atoms with Gasteiger partial charge in [-0.25, -0.2) is 0 Å². The van der Waals surface area contributed by atoms with Gasteiger partial charge in [-0.3, -0.25) is 4.90 Å². The van der Waals surface area contributed by atoms with Gasteiger partial charge < -0.3 is 14.8 Å². The maximum absolute atomic E-state index is 5.73. The molecule has 1 aliphatic heterocycles. The summed E-state index contributed by atoms with van der Waals surface area (Å²) in [5, 5.41) is 3.44. The quantitative estimate of drug-likeness (QED) is 0.689. The molecular formula is C11H22N2O2. The molecule has 2 fully saturated rings. The van der Waals surface area contributed by atoms with Crippen LogP contribution < -0.4 is 5.32 Å². The fourth-order valence-electron chi connectivity index (χ4n) is 2.75. The number of nitrogens with one attached hydrogen (secondary N) is 1. The van der Waals surface area contributed by atoms with Gasteiger partial charge in [0.2, 0.25) is 0 Å². The lowest BCUT2D eigenvalue weighted by atomic mass is 9.84. The van der Waals surface area contributed by atoms with Crippen molar-refractivity contribution in [1.29, 1.82) is 0 Å². The molecule has 4 nitrogen and oxygen atoms in total. The SMILES string of the molecule is CNC1(N(C)C)CCC2(CC1)OCCO2. The standard InChI is InChI=1S/C11H22N2O2/c1-12-10(13(2)3)4-6-11(7-5-10)14-8-9-15-11/h12H,4-9H2,1-3H3. The van der Waals surface area contributed by atoms with Crippen LogP contribution in [0.5, 0.6) is 0 Å². The van der Waals surface area contributed by atoms with E-state index in [0.717, 1.165) is 38.9 Å². The van der Waals surface area contributed by atoms with Crippen molar-refractivity contribution in [1.82, 2.24) is 10.2 Å². The van der Waals surface area contributed by atoms with Crippen molar-refractivity contribution in [2.24, 2.45) is 0 Å². The minimum atomic E-state index is -0.254. The second kappa shape index (κ2) is 4.01. The van der Waals surface area contributed by atoms with Crippen LogP contribution in [0.15, 0.2) is 0 Å². The first-order valence-corrected chi connectivity index (χ1v) is 5.77. The molecule has 1 aliphatic carbocycles. The lowest BCUT2D eigenvalue weighted by Gasteiger charge is -2.47. The fourth-order valence-corrected chi connectivity index (χ4v) is 2.75. The van der Waals surface area contributed by atoms with E-state index in [1.165, 1.54) is 0 Å². The molecule has 0 aromatic rings. The van der Waals surface area contributed by atoms with E-state index in [1.807, 2.05) is 7.05 Å². The number of hydrogen-bond acceptors (Lipinski definition) is 4. The van der Waals surface area contributed by atoms with Gasteiger partial charge in [-0.1, -0.05) is 0 Å². The molecule has 0 amide bonds. The molecule has 0 unspecified atom stereocenters. The molecule has 2 aliphatic rings. The van der Waals surface area contributed by atoms with E-state index in [0.29, 0.717) is 0 Å². The summed E-state index contributed by atoms with van der Waals surface area (Å²) in [7, 11) is 6.30. The molecule has 0 aromatic heterocycles. The zero-order chi connectivity index (χ0) is 10.9. The highest BCUT2D eigenvalue weighted by molar-refractivity contribution is 4.94. The molecule has 15 heavy (non-hydrogen) atoms. The van der Waals surface area contributed by atoms with Crippen LogP contribution >= 0.6 is 0 Å². The Morgan fingerprint density at radius 1 is 1.00 bits per heavy atom. The summed E-state index contributed by atoms with van der Waals surface area (Å²) in [5.41, 5.74) is 0.126. The van der Waals surface area contributed by atoms with Crippen molar-refractivity contribution in [2.75, 3.05) is 34.4 Å². The van der Waals surface area contributed by atoms with E-state index in [1.54, 1.807) is 0 Å². The predicted molar refractivity (Wildman–Crippen MR) is 58.6 cm³/mol. The lowest BCUT2D eigenvalue weighted by molar-refractivity contribution is -0.194. The van der Waals surface area contributed by atoms with Crippen LogP contribution in [0.4, 0.5) is 0 Å². The summed E-state index contributed by atoms with van der Waals surface area (Å²) >= 11 is 0. The summed E-state index contributed by atoms with van der Waals surface area (Å²) in [6.45, 7) is 1.52. The first-order chi connectivity index (χ1) is 7.13. The summed E-state index contributed by atoms with van der Waals surface area (Å²) in [6.07, 6.45) is 4.14. The molecular weight excluding hydrogens is 192 g/mol. The van der Waals surface area contributed by atoms with Gasteiger partial charge in [0.05, 0.1) is 18.9 Å². The Hall–Kier alpha value is -0.160. The average molecular weight is 214 g/mol. The Morgan fingerprint density at radius 2 is 1.53 bits per heavy atom. The molecule has 1 saturated carbocycles. The largest absolute Gasteiger partial charge is 0.348 e. The molecule has 4 heteroatoms. The molecule has 2 rings (SSSR count). The van der Waals surface area contributed by atoms with Crippen molar-refractivity contribution in [2.45, 2.75) is 37.1 Å². The van der Waals surface area contributed by atoms with Gasteiger partial charge in [0.15, 0.2) is 5.79 Å². The van der Waals surface area contributed by atoms with Gasteiger partial charge in [-0.05, 0) is 34.0 Å². The highest BCUT2D eigenvalue weighted by Gasteiger charge is 2.46. The maximum atomic E-state index is 5.73. The van der Waals surface area contributed by atoms with Crippen molar-refractivity contribution in [3.8, 4) is 0 Å². The van der Waals surface area contributed by atoms with Gasteiger partial charge in [-0.2, -0.15) is 0 Å². The Bertz CT molecular complexity index is 215. The summed E-state index contributed by atoms with van der Waals surface area (Å²) in [4.78, 5) is 2.27. The molecule has 1 spiro atoms. The summed E-state index contributed by atoms with van der Waals surface area (Å²) < 4.78 is 11.5. The molecule has 1 N–H and O–H groups in total. The predicted octanol–water partition coefficient (Wildman–Crippen LogP) is 0.781. The third-order valence-electron chi connectivity index (χ3n) is 3.97. The number of nitrogens with zero attached hydrogens (tertiary/aromatic N) is 1. The highest BCUT2D eigenvalue weighted by atomic mass is 16.7. The van der Waals surface area contributed by atoms with Crippen LogP contribution in [0.1, 0.15) is 25.7 Å². The highest BCUT2D eigenvalue weighted by Crippen LogP contribution is 2.40. The van der Waals surface area contributed by atoms with E-state index in [2.05, 4.69) is 24.3 Å². The Morgan fingerprint density at radius 3 is 1.93 bits per heavy atom. The third kappa shape index (κ3) is 1.91. The van der Waals surface area contributed by atoms with Crippen LogP contribution in [-0.4, -0.2) is 50.7 Å². The summed E-state index contributed by atoms with van der Waals surface area (Å²) in [6, 6.07) is 0. The maximum Gasteiger partial charge on any atom is 0.168 e. The third-order valence-corrected chi connectivity index (χ3v) is 3.97. The molecule has 88 valence electrons. The molecule has 0 atom stereocenters. The lowest BCUT2D eigenvalue weighted by Crippen LogP contribution is -2.59. The molecule has 1 saturated heterocycles. The zero-order valence-corrected chi connectivity index (χ0v) is 10.0. The van der Waals surface area contributed by atoms with Crippen molar-refractivity contribution in [3.63, 3.8) is 0 Å². The van der Waals surface area contributed by atoms with Crippen molar-refractivity contribution < 1.29 is 9.47 Å². The first-order valence-electron chi connectivity index (χ1n) is 5.77. The fraction of sp³-hybridized carbons (Fsp3) is 1.00.